The molecule has 11 nitrogen and oxygen atoms in total. The Labute approximate surface area is 216 Å². The lowest BCUT2D eigenvalue weighted by atomic mass is 9.84. The molecule has 0 radical (unpaired) electrons. The van der Waals surface area contributed by atoms with Crippen molar-refractivity contribution in [1.82, 2.24) is 25.5 Å². The van der Waals surface area contributed by atoms with Crippen molar-refractivity contribution in [3.05, 3.63) is 53.6 Å². The van der Waals surface area contributed by atoms with Crippen LogP contribution in [0.15, 0.2) is 36.8 Å². The maximum absolute atomic E-state index is 14.0. The summed E-state index contributed by atoms with van der Waals surface area (Å²) in [5.41, 5.74) is 7.50. The lowest BCUT2D eigenvalue weighted by Crippen LogP contribution is -2.61. The minimum atomic E-state index is -1.29. The summed E-state index contributed by atoms with van der Waals surface area (Å²) in [6, 6.07) is 4.79. The Hall–Kier alpha value is -3.73. The van der Waals surface area contributed by atoms with Gasteiger partial charge in [0.05, 0.1) is 12.4 Å². The topological polar surface area (TPSA) is 171 Å². The van der Waals surface area contributed by atoms with E-state index < -0.39 is 41.3 Å². The van der Waals surface area contributed by atoms with E-state index in [9.17, 15) is 24.3 Å². The van der Waals surface area contributed by atoms with Crippen molar-refractivity contribution in [2.45, 2.75) is 71.1 Å². The molecule has 1 aliphatic heterocycles. The molecular formula is C26H36N6O5. The van der Waals surface area contributed by atoms with Crippen LogP contribution >= 0.6 is 0 Å². The van der Waals surface area contributed by atoms with E-state index in [0.717, 1.165) is 16.8 Å². The summed E-state index contributed by atoms with van der Waals surface area (Å²) >= 11 is 0. The molecule has 3 amide bonds. The Morgan fingerprint density at radius 2 is 1.92 bits per heavy atom. The van der Waals surface area contributed by atoms with Crippen LogP contribution in [-0.4, -0.2) is 68.3 Å². The van der Waals surface area contributed by atoms with E-state index in [-0.39, 0.29) is 31.7 Å². The highest BCUT2D eigenvalue weighted by atomic mass is 16.4. The molecule has 3 rings (SSSR count). The molecule has 0 saturated carbocycles. The fraction of sp³-hybridized carbons (Fsp3) is 0.500. The number of carboxylic acids is 1. The number of nitrogens with one attached hydrogen (secondary N) is 3. The highest BCUT2D eigenvalue weighted by Gasteiger charge is 2.41. The first kappa shape index (κ1) is 27.9. The third-order valence-corrected chi connectivity index (χ3v) is 6.54. The maximum atomic E-state index is 14.0. The molecule has 37 heavy (non-hydrogen) atoms. The zero-order valence-corrected chi connectivity index (χ0v) is 21.5. The Kier molecular flexibility index (Phi) is 9.04. The number of aliphatic carboxylic acids is 1. The van der Waals surface area contributed by atoms with Gasteiger partial charge in [0.1, 0.15) is 12.1 Å². The number of carbonyl (C=O) groups is 4. The monoisotopic (exact) mass is 512 g/mol. The van der Waals surface area contributed by atoms with Crippen LogP contribution in [-0.2, 0) is 38.6 Å². The summed E-state index contributed by atoms with van der Waals surface area (Å²) in [6.45, 7) is 6.61. The van der Waals surface area contributed by atoms with Crippen LogP contribution in [0.25, 0.3) is 0 Å². The van der Waals surface area contributed by atoms with Crippen molar-refractivity contribution in [2.75, 3.05) is 6.54 Å². The molecule has 6 N–H and O–H groups in total. The van der Waals surface area contributed by atoms with Gasteiger partial charge in [-0.1, -0.05) is 45.0 Å². The summed E-state index contributed by atoms with van der Waals surface area (Å²) in [7, 11) is 0. The number of carboxylic acid groups (broad SMARTS) is 1. The van der Waals surface area contributed by atoms with Crippen molar-refractivity contribution in [1.29, 1.82) is 0 Å². The molecule has 1 aromatic carbocycles. The smallest absolute Gasteiger partial charge is 0.326 e. The highest BCUT2D eigenvalue weighted by molar-refractivity contribution is 5.93. The van der Waals surface area contributed by atoms with Gasteiger partial charge in [0.25, 0.3) is 0 Å². The molecule has 1 aliphatic rings. The second-order valence-electron chi connectivity index (χ2n) is 10.4. The molecule has 2 aromatic rings. The second kappa shape index (κ2) is 12.0. The van der Waals surface area contributed by atoms with Gasteiger partial charge in [-0.25, -0.2) is 9.78 Å². The fourth-order valence-corrected chi connectivity index (χ4v) is 4.50. The number of benzene rings is 1. The van der Waals surface area contributed by atoms with Crippen LogP contribution in [0, 0.1) is 5.41 Å². The molecule has 0 aliphatic carbocycles. The number of rotatable bonds is 11. The predicted octanol–water partition coefficient (Wildman–Crippen LogP) is 0.745. The molecule has 3 atom stereocenters. The van der Waals surface area contributed by atoms with Crippen LogP contribution in [0.2, 0.25) is 0 Å². The third-order valence-electron chi connectivity index (χ3n) is 6.54. The van der Waals surface area contributed by atoms with Gasteiger partial charge in [-0.2, -0.15) is 0 Å². The number of H-pyrrole nitrogens is 1. The van der Waals surface area contributed by atoms with Crippen molar-refractivity contribution in [3.8, 4) is 0 Å². The summed E-state index contributed by atoms with van der Waals surface area (Å²) < 4.78 is 0. The van der Waals surface area contributed by atoms with Crippen LogP contribution in [0.5, 0.6) is 0 Å². The lowest BCUT2D eigenvalue weighted by Gasteiger charge is -2.41. The number of nitrogens with two attached hydrogens (primary N) is 1. The predicted molar refractivity (Wildman–Crippen MR) is 136 cm³/mol. The van der Waals surface area contributed by atoms with Crippen LogP contribution in [0.4, 0.5) is 0 Å². The SMILES string of the molecule is CC(C)(C)[C@H](NCCc1cnc[nH]1)C(=O)N1Cc2ccccc2CC1C(=O)N[C@@H](CCC(N)=O)C(=O)O. The number of carbonyl (C=O) groups excluding carboxylic acids is 3. The minimum Gasteiger partial charge on any atom is -0.480 e. The van der Waals surface area contributed by atoms with E-state index in [0.29, 0.717) is 13.0 Å². The van der Waals surface area contributed by atoms with Gasteiger partial charge in [0.2, 0.25) is 17.7 Å². The summed E-state index contributed by atoms with van der Waals surface area (Å²) in [4.78, 5) is 58.9. The first-order valence-electron chi connectivity index (χ1n) is 12.4. The fourth-order valence-electron chi connectivity index (χ4n) is 4.50. The summed E-state index contributed by atoms with van der Waals surface area (Å²) in [6.07, 6.45) is 3.92. The summed E-state index contributed by atoms with van der Waals surface area (Å²) in [5.74, 6) is -2.74. The molecule has 1 unspecified atom stereocenters. The van der Waals surface area contributed by atoms with Gasteiger partial charge < -0.3 is 31.4 Å². The number of amides is 3. The quantitative estimate of drug-likeness (QED) is 0.296. The first-order valence-corrected chi connectivity index (χ1v) is 12.4. The van der Waals surface area contributed by atoms with E-state index in [1.807, 2.05) is 45.0 Å². The normalized spacial score (nSPS) is 16.9. The Bertz CT molecular complexity index is 1110. The number of aromatic nitrogens is 2. The van der Waals surface area contributed by atoms with Gasteiger partial charge in [-0.05, 0) is 23.0 Å². The molecule has 0 spiro atoms. The average molecular weight is 513 g/mol. The standard InChI is InChI=1S/C26H36N6O5/c1-26(2,3)22(29-11-10-18-13-28-15-30-18)24(35)32-14-17-7-5-4-6-16(17)12-20(32)23(34)31-19(25(36)37)8-9-21(27)33/h4-7,13,15,19-20,22,29H,8-12,14H2,1-3H3,(H2,27,33)(H,28,30)(H,31,34)(H,36,37)/t19-,20?,22+/m0/s1. The number of nitrogens with zero attached hydrogens (tertiary/aromatic N) is 2. The zero-order valence-electron chi connectivity index (χ0n) is 21.5. The van der Waals surface area contributed by atoms with Gasteiger partial charge in [0, 0.05) is 44.2 Å². The molecule has 200 valence electrons. The van der Waals surface area contributed by atoms with Crippen LogP contribution in [0.3, 0.4) is 0 Å². The highest BCUT2D eigenvalue weighted by Crippen LogP contribution is 2.28. The Morgan fingerprint density at radius 3 is 2.51 bits per heavy atom. The minimum absolute atomic E-state index is 0.132. The first-order chi connectivity index (χ1) is 17.5. The van der Waals surface area contributed by atoms with E-state index in [4.69, 9.17) is 5.73 Å². The number of hydrogen-bond acceptors (Lipinski definition) is 6. The Balaban J connectivity index is 1.84. The number of fused-ring (bicyclic) bond motifs is 1. The van der Waals surface area contributed by atoms with Gasteiger partial charge in [-0.3, -0.25) is 14.4 Å². The van der Waals surface area contributed by atoms with Crippen LogP contribution < -0.4 is 16.4 Å². The van der Waals surface area contributed by atoms with E-state index in [2.05, 4.69) is 20.6 Å². The van der Waals surface area contributed by atoms with Gasteiger partial charge >= 0.3 is 5.97 Å². The number of aromatic amines is 1. The van der Waals surface area contributed by atoms with Gasteiger partial charge in [0.15, 0.2) is 0 Å². The molecule has 0 bridgehead atoms. The summed E-state index contributed by atoms with van der Waals surface area (Å²) in [5, 5.41) is 15.5. The molecule has 11 heteroatoms. The molecule has 0 saturated heterocycles. The second-order valence-corrected chi connectivity index (χ2v) is 10.4. The van der Waals surface area contributed by atoms with E-state index in [1.165, 1.54) is 4.90 Å². The van der Waals surface area contributed by atoms with Crippen molar-refractivity contribution >= 4 is 23.7 Å². The Morgan fingerprint density at radius 1 is 1.22 bits per heavy atom. The van der Waals surface area contributed by atoms with E-state index >= 15 is 0 Å². The molecule has 0 fully saturated rings. The molecular weight excluding hydrogens is 476 g/mol. The average Bonchev–Trinajstić information content (AvgIpc) is 3.35. The number of imidazole rings is 1. The molecule has 1 aromatic heterocycles. The number of hydrogen-bond donors (Lipinski definition) is 5. The molecule has 2 heterocycles. The lowest BCUT2D eigenvalue weighted by molar-refractivity contribution is -0.147. The maximum Gasteiger partial charge on any atom is 0.326 e. The van der Waals surface area contributed by atoms with Crippen molar-refractivity contribution < 1.29 is 24.3 Å². The largest absolute Gasteiger partial charge is 0.480 e. The van der Waals surface area contributed by atoms with Crippen LogP contribution in [0.1, 0.15) is 50.4 Å². The van der Waals surface area contributed by atoms with Crippen molar-refractivity contribution in [3.63, 3.8) is 0 Å². The van der Waals surface area contributed by atoms with Crippen molar-refractivity contribution in [2.24, 2.45) is 11.1 Å². The number of primary amides is 1. The third kappa shape index (κ3) is 7.39. The van der Waals surface area contributed by atoms with Gasteiger partial charge in [-0.15, -0.1) is 0 Å². The van der Waals surface area contributed by atoms with E-state index in [1.54, 1.807) is 12.5 Å². The zero-order chi connectivity index (χ0) is 27.2.